The first-order valence-corrected chi connectivity index (χ1v) is 10.1. The van der Waals surface area contributed by atoms with Crippen LogP contribution in [0.5, 0.6) is 0 Å². The highest BCUT2D eigenvalue weighted by Gasteiger charge is 2.44. The van der Waals surface area contributed by atoms with E-state index in [1.165, 1.54) is 0 Å². The quantitative estimate of drug-likeness (QED) is 0.696. The van der Waals surface area contributed by atoms with Crippen molar-refractivity contribution in [2.75, 3.05) is 53.6 Å². The fourth-order valence-corrected chi connectivity index (χ4v) is 4.39. The summed E-state index contributed by atoms with van der Waals surface area (Å²) in [6.07, 6.45) is 8.06. The number of aryl methyl sites for hydroxylation is 1. The zero-order chi connectivity index (χ0) is 19.1. The van der Waals surface area contributed by atoms with Gasteiger partial charge < -0.3 is 19.3 Å². The van der Waals surface area contributed by atoms with E-state index in [1.807, 2.05) is 23.2 Å². The molecule has 3 rings (SSSR count). The normalized spacial score (nSPS) is 25.4. The Balaban J connectivity index is 1.48. The standard InChI is InChI=1S/C21H33N3O3/c1-23(11-12-26-2)15-19-13-21(27-16-19)8-4-10-24(17-21)20(25)7-6-18-5-3-9-22-14-18/h3,5,9,14,19H,4,6-8,10-13,15-17H2,1-2H3/t19-,21-/m1/s1. The predicted molar refractivity (Wildman–Crippen MR) is 105 cm³/mol. The second-order valence-electron chi connectivity index (χ2n) is 8.10. The number of hydrogen-bond donors (Lipinski definition) is 0. The van der Waals surface area contributed by atoms with Crippen molar-refractivity contribution in [3.05, 3.63) is 30.1 Å². The number of carbonyl (C=O) groups is 1. The summed E-state index contributed by atoms with van der Waals surface area (Å²) in [5.74, 6) is 0.777. The molecule has 150 valence electrons. The van der Waals surface area contributed by atoms with Gasteiger partial charge in [0.15, 0.2) is 0 Å². The van der Waals surface area contributed by atoms with Crippen LogP contribution in [0.15, 0.2) is 24.5 Å². The number of likely N-dealkylation sites (N-methyl/N-ethyl adjacent to an activating group) is 1. The predicted octanol–water partition coefficient (Wildman–Crippen LogP) is 1.99. The third-order valence-electron chi connectivity index (χ3n) is 5.78. The van der Waals surface area contributed by atoms with Crippen LogP contribution < -0.4 is 0 Å². The first kappa shape index (κ1) is 20.2. The van der Waals surface area contributed by atoms with Crippen molar-refractivity contribution < 1.29 is 14.3 Å². The number of amides is 1. The van der Waals surface area contributed by atoms with Gasteiger partial charge in [-0.1, -0.05) is 6.07 Å². The minimum atomic E-state index is -0.130. The van der Waals surface area contributed by atoms with E-state index in [2.05, 4.69) is 16.9 Å². The van der Waals surface area contributed by atoms with Crippen LogP contribution >= 0.6 is 0 Å². The van der Waals surface area contributed by atoms with Crippen LogP contribution in [-0.2, 0) is 20.7 Å². The molecule has 0 N–H and O–H groups in total. The minimum absolute atomic E-state index is 0.130. The highest BCUT2D eigenvalue weighted by molar-refractivity contribution is 5.76. The number of likely N-dealkylation sites (tertiary alicyclic amines) is 1. The molecule has 27 heavy (non-hydrogen) atoms. The van der Waals surface area contributed by atoms with Gasteiger partial charge in [0.1, 0.15) is 0 Å². The van der Waals surface area contributed by atoms with Gasteiger partial charge in [-0.3, -0.25) is 9.78 Å². The maximum Gasteiger partial charge on any atom is 0.223 e. The number of ether oxygens (including phenoxy) is 2. The SMILES string of the molecule is COCCN(C)C[C@@H]1CO[C@]2(CCCN(C(=O)CCc3cccnc3)C2)C1. The number of methoxy groups -OCH3 is 1. The lowest BCUT2D eigenvalue weighted by Crippen LogP contribution is -2.50. The van der Waals surface area contributed by atoms with E-state index in [-0.39, 0.29) is 11.5 Å². The summed E-state index contributed by atoms with van der Waals surface area (Å²) in [5.41, 5.74) is 0.989. The Morgan fingerprint density at radius 3 is 3.19 bits per heavy atom. The van der Waals surface area contributed by atoms with Gasteiger partial charge in [-0.2, -0.15) is 0 Å². The maximum atomic E-state index is 12.7. The molecule has 0 aliphatic carbocycles. The summed E-state index contributed by atoms with van der Waals surface area (Å²) in [4.78, 5) is 21.2. The van der Waals surface area contributed by atoms with Gasteiger partial charge in [0.05, 0.1) is 18.8 Å². The van der Waals surface area contributed by atoms with Gasteiger partial charge in [-0.05, 0) is 50.3 Å². The first-order valence-electron chi connectivity index (χ1n) is 10.1. The molecule has 2 saturated heterocycles. The molecular formula is C21H33N3O3. The smallest absolute Gasteiger partial charge is 0.223 e. The fourth-order valence-electron chi connectivity index (χ4n) is 4.39. The monoisotopic (exact) mass is 375 g/mol. The van der Waals surface area contributed by atoms with Crippen molar-refractivity contribution >= 4 is 5.91 Å². The number of hydrogen-bond acceptors (Lipinski definition) is 5. The molecule has 1 aromatic heterocycles. The van der Waals surface area contributed by atoms with Gasteiger partial charge in [0, 0.05) is 52.1 Å². The lowest BCUT2D eigenvalue weighted by Gasteiger charge is -2.40. The fraction of sp³-hybridized carbons (Fsp3) is 0.714. The van der Waals surface area contributed by atoms with Crippen LogP contribution in [0.3, 0.4) is 0 Å². The number of carbonyl (C=O) groups excluding carboxylic acids is 1. The molecular weight excluding hydrogens is 342 g/mol. The molecule has 3 heterocycles. The highest BCUT2D eigenvalue weighted by atomic mass is 16.5. The Morgan fingerprint density at radius 2 is 2.41 bits per heavy atom. The van der Waals surface area contributed by atoms with Crippen molar-refractivity contribution in [2.45, 2.75) is 37.7 Å². The van der Waals surface area contributed by atoms with E-state index in [1.54, 1.807) is 13.3 Å². The summed E-state index contributed by atoms with van der Waals surface area (Å²) in [7, 11) is 3.88. The Labute approximate surface area is 162 Å². The topological polar surface area (TPSA) is 54.9 Å². The molecule has 1 amide bonds. The lowest BCUT2D eigenvalue weighted by atomic mass is 9.86. The minimum Gasteiger partial charge on any atom is -0.383 e. The van der Waals surface area contributed by atoms with Crippen LogP contribution in [-0.4, -0.2) is 79.8 Å². The van der Waals surface area contributed by atoms with E-state index < -0.39 is 0 Å². The zero-order valence-electron chi connectivity index (χ0n) is 16.7. The molecule has 0 aromatic carbocycles. The highest BCUT2D eigenvalue weighted by Crippen LogP contribution is 2.37. The number of rotatable bonds is 8. The number of nitrogens with zero attached hydrogens (tertiary/aromatic N) is 3. The van der Waals surface area contributed by atoms with Crippen molar-refractivity contribution in [3.63, 3.8) is 0 Å². The molecule has 2 atom stereocenters. The molecule has 2 aliphatic heterocycles. The summed E-state index contributed by atoms with van der Waals surface area (Å²) >= 11 is 0. The molecule has 1 aromatic rings. The second kappa shape index (κ2) is 9.62. The summed E-state index contributed by atoms with van der Waals surface area (Å²) in [6.45, 7) is 5.13. The van der Waals surface area contributed by atoms with Crippen molar-refractivity contribution in [2.24, 2.45) is 5.92 Å². The van der Waals surface area contributed by atoms with Crippen LogP contribution in [0.4, 0.5) is 0 Å². The largest absolute Gasteiger partial charge is 0.383 e. The molecule has 1 spiro atoms. The van der Waals surface area contributed by atoms with Crippen LogP contribution in [0.25, 0.3) is 0 Å². The molecule has 2 aliphatic rings. The zero-order valence-corrected chi connectivity index (χ0v) is 16.7. The van der Waals surface area contributed by atoms with E-state index in [0.29, 0.717) is 12.3 Å². The molecule has 6 heteroatoms. The van der Waals surface area contributed by atoms with Crippen molar-refractivity contribution in [1.29, 1.82) is 0 Å². The average molecular weight is 376 g/mol. The third-order valence-corrected chi connectivity index (χ3v) is 5.78. The first-order chi connectivity index (χ1) is 13.1. The van der Waals surface area contributed by atoms with Gasteiger partial charge in [0.2, 0.25) is 5.91 Å². The Kier molecular flexibility index (Phi) is 7.21. The molecule has 0 bridgehead atoms. The molecule has 2 fully saturated rings. The van der Waals surface area contributed by atoms with Crippen LogP contribution in [0.1, 0.15) is 31.2 Å². The average Bonchev–Trinajstić information content (AvgIpc) is 3.06. The van der Waals surface area contributed by atoms with E-state index in [9.17, 15) is 4.79 Å². The lowest BCUT2D eigenvalue weighted by molar-refractivity contribution is -0.139. The molecule has 0 saturated carbocycles. The van der Waals surface area contributed by atoms with E-state index in [0.717, 1.165) is 70.6 Å². The number of aromatic nitrogens is 1. The van der Waals surface area contributed by atoms with Gasteiger partial charge in [0.25, 0.3) is 0 Å². The molecule has 0 radical (unpaired) electrons. The van der Waals surface area contributed by atoms with Gasteiger partial charge >= 0.3 is 0 Å². The molecule has 0 unspecified atom stereocenters. The Morgan fingerprint density at radius 1 is 1.52 bits per heavy atom. The van der Waals surface area contributed by atoms with Gasteiger partial charge in [-0.15, -0.1) is 0 Å². The van der Waals surface area contributed by atoms with E-state index in [4.69, 9.17) is 9.47 Å². The van der Waals surface area contributed by atoms with E-state index >= 15 is 0 Å². The maximum absolute atomic E-state index is 12.7. The Bertz CT molecular complexity index is 598. The summed E-state index contributed by atoms with van der Waals surface area (Å²) in [6, 6.07) is 3.95. The molecule has 6 nitrogen and oxygen atoms in total. The summed E-state index contributed by atoms with van der Waals surface area (Å²) in [5, 5.41) is 0. The number of piperidine rings is 1. The van der Waals surface area contributed by atoms with Crippen molar-refractivity contribution in [3.8, 4) is 0 Å². The van der Waals surface area contributed by atoms with Crippen LogP contribution in [0.2, 0.25) is 0 Å². The van der Waals surface area contributed by atoms with Crippen molar-refractivity contribution in [1.82, 2.24) is 14.8 Å². The summed E-state index contributed by atoms with van der Waals surface area (Å²) < 4.78 is 11.4. The Hall–Kier alpha value is -1.50. The second-order valence-corrected chi connectivity index (χ2v) is 8.10. The van der Waals surface area contributed by atoms with Crippen LogP contribution in [0, 0.1) is 5.92 Å². The third kappa shape index (κ3) is 5.74. The number of pyridine rings is 1. The van der Waals surface area contributed by atoms with Gasteiger partial charge in [-0.25, -0.2) is 0 Å².